The number of likely N-dealkylation sites (tertiary alicyclic amines) is 1. The average molecular weight is 218 g/mol. The molecule has 0 aromatic heterocycles. The molecule has 0 saturated carbocycles. The summed E-state index contributed by atoms with van der Waals surface area (Å²) in [5, 5.41) is 0. The first-order chi connectivity index (χ1) is 7.88. The lowest BCUT2D eigenvalue weighted by molar-refractivity contribution is 0.238. The van der Waals surface area contributed by atoms with Gasteiger partial charge in [0.05, 0.1) is 0 Å². The summed E-state index contributed by atoms with van der Waals surface area (Å²) in [4.78, 5) is 12.9. The van der Waals surface area contributed by atoms with Gasteiger partial charge in [0, 0.05) is 12.1 Å². The second-order valence-corrected chi connectivity index (χ2v) is 4.03. The van der Waals surface area contributed by atoms with E-state index in [0.29, 0.717) is 12.2 Å². The summed E-state index contributed by atoms with van der Waals surface area (Å²) in [5.74, 6) is 0.750. The number of rotatable bonds is 5. The number of hydrogen-bond donors (Lipinski definition) is 0. The van der Waals surface area contributed by atoms with Crippen LogP contribution in [-0.2, 0) is 4.79 Å². The number of hydrogen-bond acceptors (Lipinski definition) is 3. The molecule has 1 fully saturated rings. The summed E-state index contributed by atoms with van der Waals surface area (Å²) in [6.45, 7) is 4.02. The second-order valence-electron chi connectivity index (χ2n) is 4.03. The van der Waals surface area contributed by atoms with E-state index in [4.69, 9.17) is 4.74 Å². The van der Waals surface area contributed by atoms with E-state index >= 15 is 0 Å². The maximum absolute atomic E-state index is 10.5. The standard InChI is InChI=1S/C13H16NO2/c15-11-12-4-3-5-13(10-12)16-9-8-14-6-1-2-7-14/h3-5,10H,1-2,6-9H2. The van der Waals surface area contributed by atoms with Crippen LogP contribution in [0.3, 0.4) is 0 Å². The van der Waals surface area contributed by atoms with E-state index in [1.54, 1.807) is 12.1 Å². The number of ether oxygens (including phenoxy) is 1. The molecule has 1 aliphatic rings. The highest BCUT2D eigenvalue weighted by Crippen LogP contribution is 2.12. The van der Waals surface area contributed by atoms with Crippen LogP contribution in [0.5, 0.6) is 5.75 Å². The van der Waals surface area contributed by atoms with E-state index in [9.17, 15) is 4.79 Å². The number of carbonyl (C=O) groups excluding carboxylic acids is 1. The molecule has 16 heavy (non-hydrogen) atoms. The Morgan fingerprint density at radius 2 is 2.12 bits per heavy atom. The summed E-state index contributed by atoms with van der Waals surface area (Å²) in [7, 11) is 0. The third-order valence-electron chi connectivity index (χ3n) is 2.83. The average Bonchev–Trinajstić information content (AvgIpc) is 2.82. The first-order valence-electron chi connectivity index (χ1n) is 5.72. The van der Waals surface area contributed by atoms with Gasteiger partial charge in [-0.15, -0.1) is 0 Å². The molecular formula is C13H16NO2. The zero-order valence-corrected chi connectivity index (χ0v) is 9.32. The van der Waals surface area contributed by atoms with Crippen molar-refractivity contribution in [2.24, 2.45) is 0 Å². The minimum Gasteiger partial charge on any atom is -0.492 e. The van der Waals surface area contributed by atoms with E-state index < -0.39 is 0 Å². The zero-order valence-electron chi connectivity index (χ0n) is 9.32. The van der Waals surface area contributed by atoms with Gasteiger partial charge in [0.15, 0.2) is 0 Å². The van der Waals surface area contributed by atoms with Gasteiger partial charge in [0.25, 0.3) is 0 Å². The zero-order chi connectivity index (χ0) is 11.2. The molecule has 0 bridgehead atoms. The smallest absolute Gasteiger partial charge is 0.233 e. The van der Waals surface area contributed by atoms with Crippen LogP contribution in [0.4, 0.5) is 0 Å². The first kappa shape index (κ1) is 11.1. The SMILES string of the molecule is O=[C]c1cccc(OCCN2CCCC2)c1. The molecule has 3 heteroatoms. The van der Waals surface area contributed by atoms with Gasteiger partial charge in [-0.1, -0.05) is 12.1 Å². The van der Waals surface area contributed by atoms with Gasteiger partial charge in [-0.25, -0.2) is 0 Å². The largest absolute Gasteiger partial charge is 0.492 e. The predicted octanol–water partition coefficient (Wildman–Crippen LogP) is 1.62. The third kappa shape index (κ3) is 3.07. The monoisotopic (exact) mass is 218 g/mol. The highest BCUT2D eigenvalue weighted by molar-refractivity contribution is 5.75. The van der Waals surface area contributed by atoms with Crippen molar-refractivity contribution in [3.05, 3.63) is 29.8 Å². The van der Waals surface area contributed by atoms with Crippen LogP contribution < -0.4 is 4.74 Å². The van der Waals surface area contributed by atoms with Gasteiger partial charge in [-0.2, -0.15) is 0 Å². The fraction of sp³-hybridized carbons (Fsp3) is 0.462. The Hall–Kier alpha value is -1.35. The van der Waals surface area contributed by atoms with Crippen LogP contribution in [0.25, 0.3) is 0 Å². The van der Waals surface area contributed by atoms with Gasteiger partial charge in [0.1, 0.15) is 12.4 Å². The van der Waals surface area contributed by atoms with Crippen molar-refractivity contribution in [2.75, 3.05) is 26.2 Å². The topological polar surface area (TPSA) is 29.5 Å². The Balaban J connectivity index is 1.77. The lowest BCUT2D eigenvalue weighted by Crippen LogP contribution is -2.25. The van der Waals surface area contributed by atoms with Gasteiger partial charge < -0.3 is 4.74 Å². The van der Waals surface area contributed by atoms with Crippen molar-refractivity contribution in [3.8, 4) is 5.75 Å². The molecule has 0 spiro atoms. The summed E-state index contributed by atoms with van der Waals surface area (Å²) in [6.07, 6.45) is 4.46. The summed E-state index contributed by atoms with van der Waals surface area (Å²) >= 11 is 0. The molecule has 1 aromatic carbocycles. The number of benzene rings is 1. The number of nitrogens with zero attached hydrogens (tertiary/aromatic N) is 1. The van der Waals surface area contributed by atoms with Crippen molar-refractivity contribution < 1.29 is 9.53 Å². The Bertz CT molecular complexity index is 346. The fourth-order valence-electron chi connectivity index (χ4n) is 1.95. The van der Waals surface area contributed by atoms with Gasteiger partial charge in [0.2, 0.25) is 6.29 Å². The molecule has 1 aromatic rings. The molecule has 1 aliphatic heterocycles. The van der Waals surface area contributed by atoms with Crippen LogP contribution in [0.2, 0.25) is 0 Å². The van der Waals surface area contributed by atoms with E-state index in [1.165, 1.54) is 25.9 Å². The highest BCUT2D eigenvalue weighted by atomic mass is 16.5. The summed E-state index contributed by atoms with van der Waals surface area (Å²) in [5.41, 5.74) is 0.540. The molecule has 1 saturated heterocycles. The maximum atomic E-state index is 10.5. The van der Waals surface area contributed by atoms with Gasteiger partial charge in [-0.05, 0) is 38.1 Å². The first-order valence-corrected chi connectivity index (χ1v) is 5.72. The second kappa shape index (κ2) is 5.66. The molecule has 0 aliphatic carbocycles. The molecule has 0 atom stereocenters. The molecule has 85 valence electrons. The Kier molecular flexibility index (Phi) is 3.94. The van der Waals surface area contributed by atoms with Crippen molar-refractivity contribution in [1.82, 2.24) is 4.90 Å². The Morgan fingerprint density at radius 3 is 2.88 bits per heavy atom. The molecule has 0 amide bonds. The minimum atomic E-state index is 0.540. The predicted molar refractivity (Wildman–Crippen MR) is 62.4 cm³/mol. The molecule has 0 N–H and O–H groups in total. The third-order valence-corrected chi connectivity index (χ3v) is 2.83. The van der Waals surface area contributed by atoms with Gasteiger partial charge >= 0.3 is 0 Å². The maximum Gasteiger partial charge on any atom is 0.233 e. The normalized spacial score (nSPS) is 16.2. The van der Waals surface area contributed by atoms with Crippen molar-refractivity contribution in [2.45, 2.75) is 12.8 Å². The van der Waals surface area contributed by atoms with Gasteiger partial charge in [-0.3, -0.25) is 9.69 Å². The lowest BCUT2D eigenvalue weighted by atomic mass is 10.2. The van der Waals surface area contributed by atoms with Crippen LogP contribution in [0.15, 0.2) is 24.3 Å². The fourth-order valence-corrected chi connectivity index (χ4v) is 1.95. The van der Waals surface area contributed by atoms with E-state index in [1.807, 2.05) is 18.4 Å². The Morgan fingerprint density at radius 1 is 1.31 bits per heavy atom. The van der Waals surface area contributed by atoms with Crippen LogP contribution in [-0.4, -0.2) is 37.4 Å². The molecule has 0 unspecified atom stereocenters. The van der Waals surface area contributed by atoms with E-state index in [-0.39, 0.29) is 0 Å². The summed E-state index contributed by atoms with van der Waals surface area (Å²) < 4.78 is 5.59. The quantitative estimate of drug-likeness (QED) is 0.752. The van der Waals surface area contributed by atoms with Crippen molar-refractivity contribution >= 4 is 6.29 Å². The van der Waals surface area contributed by atoms with Crippen LogP contribution in [0.1, 0.15) is 18.4 Å². The molecular weight excluding hydrogens is 202 g/mol. The van der Waals surface area contributed by atoms with Crippen LogP contribution in [0, 0.1) is 0 Å². The van der Waals surface area contributed by atoms with Crippen LogP contribution >= 0.6 is 0 Å². The van der Waals surface area contributed by atoms with E-state index in [2.05, 4.69) is 4.90 Å². The molecule has 3 nitrogen and oxygen atoms in total. The highest BCUT2D eigenvalue weighted by Gasteiger charge is 2.10. The molecule has 1 radical (unpaired) electrons. The lowest BCUT2D eigenvalue weighted by Gasteiger charge is -2.14. The van der Waals surface area contributed by atoms with Crippen molar-refractivity contribution in [1.29, 1.82) is 0 Å². The Labute approximate surface area is 96.0 Å². The molecule has 1 heterocycles. The summed E-state index contributed by atoms with van der Waals surface area (Å²) in [6, 6.07) is 7.12. The van der Waals surface area contributed by atoms with Crippen molar-refractivity contribution in [3.63, 3.8) is 0 Å². The molecule has 2 rings (SSSR count). The minimum absolute atomic E-state index is 0.540. The van der Waals surface area contributed by atoms with E-state index in [0.717, 1.165) is 12.3 Å².